The van der Waals surface area contributed by atoms with Crippen molar-refractivity contribution in [3.63, 3.8) is 0 Å². The molecule has 0 aliphatic rings. The number of hydrogen-bond acceptors (Lipinski definition) is 7. The molecular formula is C22H18N8O2. The highest BCUT2D eigenvalue weighted by molar-refractivity contribution is 6.00. The highest BCUT2D eigenvalue weighted by atomic mass is 16.3. The van der Waals surface area contributed by atoms with Gasteiger partial charge in [-0.05, 0) is 42.3 Å². The molecule has 0 saturated heterocycles. The molecule has 10 heteroatoms. The normalized spacial score (nSPS) is 10.9. The Labute approximate surface area is 182 Å². The summed E-state index contributed by atoms with van der Waals surface area (Å²) in [4.78, 5) is 24.6. The molecule has 1 aromatic carbocycles. The fraction of sp³-hybridized carbons (Fsp3) is 0.0455. The lowest BCUT2D eigenvalue weighted by atomic mass is 10.0. The molecule has 0 fully saturated rings. The molecule has 158 valence electrons. The van der Waals surface area contributed by atoms with Crippen molar-refractivity contribution in [2.24, 2.45) is 0 Å². The van der Waals surface area contributed by atoms with Crippen molar-refractivity contribution < 1.29 is 9.21 Å². The Morgan fingerprint density at radius 3 is 2.72 bits per heavy atom. The molecule has 0 saturated carbocycles. The first-order chi connectivity index (χ1) is 15.6. The van der Waals surface area contributed by atoms with E-state index in [2.05, 4.69) is 30.7 Å². The van der Waals surface area contributed by atoms with Gasteiger partial charge in [0.2, 0.25) is 0 Å². The highest BCUT2D eigenvalue weighted by Crippen LogP contribution is 2.38. The Kier molecular flexibility index (Phi) is 4.71. The maximum atomic E-state index is 12.3. The molecule has 10 nitrogen and oxygen atoms in total. The van der Waals surface area contributed by atoms with E-state index in [1.54, 1.807) is 35.1 Å². The number of benzene rings is 1. The summed E-state index contributed by atoms with van der Waals surface area (Å²) in [6.45, 7) is 1.93. The summed E-state index contributed by atoms with van der Waals surface area (Å²) in [5.41, 5.74) is 10.9. The molecular weight excluding hydrogens is 408 g/mol. The smallest absolute Gasteiger partial charge is 0.324 e. The first-order valence-corrected chi connectivity index (χ1v) is 9.70. The Morgan fingerprint density at radius 1 is 1.12 bits per heavy atom. The number of carbonyl (C=O) groups is 1. The molecule has 0 unspecified atom stereocenters. The first kappa shape index (κ1) is 19.2. The molecule has 0 atom stereocenters. The number of rotatable bonds is 4. The summed E-state index contributed by atoms with van der Waals surface area (Å²) in [6, 6.07) is 10.6. The maximum Gasteiger partial charge on any atom is 0.324 e. The lowest BCUT2D eigenvalue weighted by Gasteiger charge is -2.09. The van der Waals surface area contributed by atoms with Crippen LogP contribution in [0, 0.1) is 6.92 Å². The molecule has 0 radical (unpaired) electrons. The minimum Gasteiger partial charge on any atom is -0.443 e. The van der Waals surface area contributed by atoms with Crippen molar-refractivity contribution in [1.82, 2.24) is 24.6 Å². The van der Waals surface area contributed by atoms with Crippen molar-refractivity contribution in [2.45, 2.75) is 6.92 Å². The van der Waals surface area contributed by atoms with Gasteiger partial charge in [-0.2, -0.15) is 5.10 Å². The molecule has 0 bridgehead atoms. The number of nitrogens with two attached hydrogens (primary N) is 1. The van der Waals surface area contributed by atoms with Gasteiger partial charge in [0.15, 0.2) is 18.0 Å². The second-order valence-corrected chi connectivity index (χ2v) is 7.10. The molecule has 32 heavy (non-hydrogen) atoms. The monoisotopic (exact) mass is 426 g/mol. The number of fused-ring (bicyclic) bond motifs is 1. The third-order valence-corrected chi connectivity index (χ3v) is 4.89. The highest BCUT2D eigenvalue weighted by Gasteiger charge is 2.19. The number of nitrogen functional groups attached to an aromatic ring is 1. The lowest BCUT2D eigenvalue weighted by Crippen LogP contribution is -2.20. The van der Waals surface area contributed by atoms with E-state index in [9.17, 15) is 4.79 Å². The van der Waals surface area contributed by atoms with E-state index in [4.69, 9.17) is 10.2 Å². The van der Waals surface area contributed by atoms with Gasteiger partial charge in [-0.1, -0.05) is 12.1 Å². The number of nitrogens with zero attached hydrogens (tertiary/aromatic N) is 5. The van der Waals surface area contributed by atoms with Crippen LogP contribution >= 0.6 is 0 Å². The van der Waals surface area contributed by atoms with Crippen LogP contribution in [0.25, 0.3) is 28.0 Å². The summed E-state index contributed by atoms with van der Waals surface area (Å²) < 4.78 is 7.16. The van der Waals surface area contributed by atoms with Crippen LogP contribution in [0.2, 0.25) is 0 Å². The zero-order valence-corrected chi connectivity index (χ0v) is 17.0. The van der Waals surface area contributed by atoms with Gasteiger partial charge in [0.1, 0.15) is 17.7 Å². The molecule has 0 aliphatic heterocycles. The van der Waals surface area contributed by atoms with Crippen molar-refractivity contribution in [1.29, 1.82) is 0 Å². The Morgan fingerprint density at radius 2 is 1.97 bits per heavy atom. The fourth-order valence-electron chi connectivity index (χ4n) is 3.47. The second-order valence-electron chi connectivity index (χ2n) is 7.10. The van der Waals surface area contributed by atoms with Crippen LogP contribution in [-0.4, -0.2) is 30.6 Å². The third kappa shape index (κ3) is 3.60. The Hall–Kier alpha value is -4.73. The summed E-state index contributed by atoms with van der Waals surface area (Å²) in [7, 11) is 0. The van der Waals surface area contributed by atoms with Crippen LogP contribution in [0.4, 0.5) is 22.1 Å². The van der Waals surface area contributed by atoms with E-state index in [0.29, 0.717) is 28.6 Å². The average Bonchev–Trinajstić information content (AvgIpc) is 3.43. The first-order valence-electron chi connectivity index (χ1n) is 9.70. The molecule has 4 N–H and O–H groups in total. The molecule has 0 spiro atoms. The maximum absolute atomic E-state index is 12.3. The standard InChI is InChI=1S/C22H18N8O2/c1-13-6-7-25-18(8-13)29-22(31)28-15-4-2-14(3-5-15)19-16(17-9-24-12-32-17)10-30-20(19)21(23)26-11-27-30/h2-12H,1H3,(H2,23,26,27)(H2,25,28,29,31). The number of nitrogens with one attached hydrogen (secondary N) is 2. The molecule has 0 aliphatic carbocycles. The summed E-state index contributed by atoms with van der Waals surface area (Å²) in [5, 5.41) is 9.77. The number of anilines is 3. The summed E-state index contributed by atoms with van der Waals surface area (Å²) in [6.07, 6.45) is 7.85. The van der Waals surface area contributed by atoms with E-state index >= 15 is 0 Å². The number of urea groups is 1. The van der Waals surface area contributed by atoms with Crippen LogP contribution < -0.4 is 16.4 Å². The predicted molar refractivity (Wildman–Crippen MR) is 120 cm³/mol. The summed E-state index contributed by atoms with van der Waals surface area (Å²) >= 11 is 0. The quantitative estimate of drug-likeness (QED) is 0.395. The number of pyridine rings is 1. The van der Waals surface area contributed by atoms with Gasteiger partial charge >= 0.3 is 6.03 Å². The van der Waals surface area contributed by atoms with Crippen molar-refractivity contribution in [2.75, 3.05) is 16.4 Å². The van der Waals surface area contributed by atoms with Crippen LogP contribution in [0.3, 0.4) is 0 Å². The third-order valence-electron chi connectivity index (χ3n) is 4.89. The van der Waals surface area contributed by atoms with Crippen LogP contribution in [0.15, 0.2) is 72.1 Å². The zero-order valence-electron chi connectivity index (χ0n) is 17.0. The number of oxazole rings is 1. The minimum absolute atomic E-state index is 0.341. The number of aromatic nitrogens is 5. The molecule has 4 heterocycles. The Balaban J connectivity index is 1.45. The number of amides is 2. The SMILES string of the molecule is Cc1ccnc(NC(=O)Nc2ccc(-c3c(-c4cnco4)cn4ncnc(N)c34)cc2)c1. The van der Waals surface area contributed by atoms with Gasteiger partial charge in [0.25, 0.3) is 0 Å². The van der Waals surface area contributed by atoms with Crippen LogP contribution in [0.5, 0.6) is 0 Å². The van der Waals surface area contributed by atoms with Gasteiger partial charge < -0.3 is 15.5 Å². The van der Waals surface area contributed by atoms with Gasteiger partial charge in [-0.15, -0.1) is 0 Å². The topological polar surface area (TPSA) is 136 Å². The zero-order chi connectivity index (χ0) is 22.1. The van der Waals surface area contributed by atoms with E-state index in [0.717, 1.165) is 22.3 Å². The number of aryl methyl sites for hydroxylation is 1. The number of carbonyl (C=O) groups excluding carboxylic acids is 1. The van der Waals surface area contributed by atoms with Gasteiger partial charge in [0, 0.05) is 29.2 Å². The minimum atomic E-state index is -0.384. The lowest BCUT2D eigenvalue weighted by molar-refractivity contribution is 0.262. The van der Waals surface area contributed by atoms with E-state index in [1.165, 1.54) is 12.7 Å². The largest absolute Gasteiger partial charge is 0.443 e. The van der Waals surface area contributed by atoms with Gasteiger partial charge in [0.05, 0.1) is 6.20 Å². The van der Waals surface area contributed by atoms with E-state index in [-0.39, 0.29) is 6.03 Å². The predicted octanol–water partition coefficient (Wildman–Crippen LogP) is 3.98. The van der Waals surface area contributed by atoms with Crippen molar-refractivity contribution in [3.05, 3.63) is 73.3 Å². The Bertz CT molecular complexity index is 1410. The molecule has 5 aromatic rings. The number of hydrogen-bond donors (Lipinski definition) is 3. The molecule has 5 rings (SSSR count). The summed E-state index contributed by atoms with van der Waals surface area (Å²) in [5.74, 6) is 1.40. The molecule has 2 amide bonds. The molecule has 4 aromatic heterocycles. The average molecular weight is 426 g/mol. The van der Waals surface area contributed by atoms with Crippen LogP contribution in [0.1, 0.15) is 5.56 Å². The van der Waals surface area contributed by atoms with E-state index in [1.807, 2.05) is 31.3 Å². The van der Waals surface area contributed by atoms with Crippen LogP contribution in [-0.2, 0) is 0 Å². The fourth-order valence-corrected chi connectivity index (χ4v) is 3.47. The van der Waals surface area contributed by atoms with Crippen molar-refractivity contribution >= 4 is 28.9 Å². The van der Waals surface area contributed by atoms with Crippen molar-refractivity contribution in [3.8, 4) is 22.5 Å². The van der Waals surface area contributed by atoms with Gasteiger partial charge in [-0.25, -0.2) is 24.3 Å². The van der Waals surface area contributed by atoms with E-state index < -0.39 is 0 Å². The van der Waals surface area contributed by atoms with Gasteiger partial charge in [-0.3, -0.25) is 5.32 Å². The second kappa shape index (κ2) is 7.84.